The Morgan fingerprint density at radius 2 is 2.18 bits per heavy atom. The number of likely N-dealkylation sites (tertiary alicyclic amines) is 1. The molecule has 1 saturated heterocycles. The molecule has 5 nitrogen and oxygen atoms in total. The number of thiophene rings is 1. The number of nitrogens with zero attached hydrogens (tertiary/aromatic N) is 3. The molecule has 22 heavy (non-hydrogen) atoms. The van der Waals surface area contributed by atoms with E-state index in [-0.39, 0.29) is 11.8 Å². The summed E-state index contributed by atoms with van der Waals surface area (Å²) in [4.78, 5) is 14.4. The van der Waals surface area contributed by atoms with Crippen molar-refractivity contribution in [2.45, 2.75) is 38.0 Å². The third-order valence-electron chi connectivity index (χ3n) is 4.75. The van der Waals surface area contributed by atoms with Gasteiger partial charge in [0.2, 0.25) is 17.7 Å². The second-order valence-electron chi connectivity index (χ2n) is 6.21. The lowest BCUT2D eigenvalue weighted by Crippen LogP contribution is -2.44. The standard InChI is InChI=1S/C16H19N3O2S/c20-16(11-3-1-4-11)19-7-2-5-12(9-19)14-17-18-15(21-14)13-6-8-22-10-13/h6,8,10-12H,1-5,7,9H2. The third kappa shape index (κ3) is 2.56. The van der Waals surface area contributed by atoms with E-state index in [0.29, 0.717) is 17.7 Å². The van der Waals surface area contributed by atoms with Crippen LogP contribution >= 0.6 is 11.3 Å². The quantitative estimate of drug-likeness (QED) is 0.871. The van der Waals surface area contributed by atoms with Gasteiger partial charge in [0.15, 0.2) is 0 Å². The predicted octanol–water partition coefficient (Wildman–Crippen LogP) is 3.30. The number of piperidine rings is 1. The number of aromatic nitrogens is 2. The molecule has 2 aromatic heterocycles. The Morgan fingerprint density at radius 1 is 1.27 bits per heavy atom. The number of carbonyl (C=O) groups is 1. The molecule has 1 saturated carbocycles. The lowest BCUT2D eigenvalue weighted by atomic mass is 9.83. The topological polar surface area (TPSA) is 59.2 Å². The van der Waals surface area contributed by atoms with Gasteiger partial charge in [-0.15, -0.1) is 10.2 Å². The first-order valence-corrected chi connectivity index (χ1v) is 8.90. The number of hydrogen-bond acceptors (Lipinski definition) is 5. The van der Waals surface area contributed by atoms with Crippen molar-refractivity contribution < 1.29 is 9.21 Å². The van der Waals surface area contributed by atoms with Crippen molar-refractivity contribution in [1.29, 1.82) is 0 Å². The Morgan fingerprint density at radius 3 is 2.91 bits per heavy atom. The van der Waals surface area contributed by atoms with Crippen molar-refractivity contribution in [2.75, 3.05) is 13.1 Å². The molecular weight excluding hydrogens is 298 g/mol. The van der Waals surface area contributed by atoms with E-state index in [4.69, 9.17) is 4.42 Å². The molecule has 2 aliphatic rings. The fraction of sp³-hybridized carbons (Fsp3) is 0.562. The first kappa shape index (κ1) is 13.9. The molecule has 1 atom stereocenters. The van der Waals surface area contributed by atoms with Gasteiger partial charge in [0.05, 0.1) is 5.92 Å². The SMILES string of the molecule is O=C(C1CCC1)N1CCCC(c2nnc(-c3ccsc3)o2)C1. The van der Waals surface area contributed by atoms with Crippen molar-refractivity contribution in [3.8, 4) is 11.5 Å². The monoisotopic (exact) mass is 317 g/mol. The van der Waals surface area contributed by atoms with Gasteiger partial charge in [-0.05, 0) is 37.1 Å². The van der Waals surface area contributed by atoms with E-state index in [1.807, 2.05) is 21.7 Å². The summed E-state index contributed by atoms with van der Waals surface area (Å²) < 4.78 is 5.84. The Hall–Kier alpha value is -1.69. The van der Waals surface area contributed by atoms with Gasteiger partial charge in [0, 0.05) is 30.0 Å². The molecule has 6 heteroatoms. The van der Waals surface area contributed by atoms with Gasteiger partial charge < -0.3 is 9.32 Å². The highest BCUT2D eigenvalue weighted by Crippen LogP contribution is 2.33. The minimum Gasteiger partial charge on any atom is -0.420 e. The third-order valence-corrected chi connectivity index (χ3v) is 5.43. The average molecular weight is 317 g/mol. The Balaban J connectivity index is 1.47. The summed E-state index contributed by atoms with van der Waals surface area (Å²) in [7, 11) is 0. The molecule has 0 bridgehead atoms. The van der Waals surface area contributed by atoms with Crippen LogP contribution in [-0.2, 0) is 4.79 Å². The minimum atomic E-state index is 0.178. The van der Waals surface area contributed by atoms with Crippen molar-refractivity contribution in [3.63, 3.8) is 0 Å². The summed E-state index contributed by atoms with van der Waals surface area (Å²) in [6.45, 7) is 1.60. The van der Waals surface area contributed by atoms with Crippen molar-refractivity contribution in [2.24, 2.45) is 5.92 Å². The first-order chi connectivity index (χ1) is 10.8. The predicted molar refractivity (Wildman–Crippen MR) is 83.5 cm³/mol. The largest absolute Gasteiger partial charge is 0.420 e. The van der Waals surface area contributed by atoms with Crippen LogP contribution in [0.25, 0.3) is 11.5 Å². The molecule has 1 aliphatic carbocycles. The number of hydrogen-bond donors (Lipinski definition) is 0. The molecule has 2 fully saturated rings. The van der Waals surface area contributed by atoms with Gasteiger partial charge in [-0.3, -0.25) is 4.79 Å². The summed E-state index contributed by atoms with van der Waals surface area (Å²) in [5, 5.41) is 12.4. The molecule has 1 aliphatic heterocycles. The molecule has 1 unspecified atom stereocenters. The maximum absolute atomic E-state index is 12.4. The lowest BCUT2D eigenvalue weighted by Gasteiger charge is -2.36. The smallest absolute Gasteiger partial charge is 0.248 e. The minimum absolute atomic E-state index is 0.178. The van der Waals surface area contributed by atoms with Gasteiger partial charge >= 0.3 is 0 Å². The van der Waals surface area contributed by atoms with Gasteiger partial charge in [0.25, 0.3) is 0 Å². The van der Waals surface area contributed by atoms with E-state index in [0.717, 1.165) is 44.3 Å². The van der Waals surface area contributed by atoms with Crippen LogP contribution in [0.15, 0.2) is 21.2 Å². The van der Waals surface area contributed by atoms with E-state index in [1.54, 1.807) is 11.3 Å². The van der Waals surface area contributed by atoms with Crippen LogP contribution in [0.3, 0.4) is 0 Å². The Labute approximate surface area is 133 Å². The highest BCUT2D eigenvalue weighted by atomic mass is 32.1. The maximum atomic E-state index is 12.4. The summed E-state index contributed by atoms with van der Waals surface area (Å²) >= 11 is 1.62. The van der Waals surface area contributed by atoms with Crippen LogP contribution < -0.4 is 0 Å². The fourth-order valence-corrected chi connectivity index (χ4v) is 3.82. The maximum Gasteiger partial charge on any atom is 0.248 e. The molecule has 116 valence electrons. The number of amides is 1. The second kappa shape index (κ2) is 5.83. The molecule has 2 aromatic rings. The molecule has 3 heterocycles. The highest BCUT2D eigenvalue weighted by Gasteiger charge is 2.34. The van der Waals surface area contributed by atoms with Crippen LogP contribution in [0.1, 0.15) is 43.9 Å². The van der Waals surface area contributed by atoms with E-state index in [2.05, 4.69) is 10.2 Å². The Bertz CT molecular complexity index is 648. The number of carbonyl (C=O) groups excluding carboxylic acids is 1. The molecule has 0 N–H and O–H groups in total. The Kier molecular flexibility index (Phi) is 3.70. The van der Waals surface area contributed by atoms with Crippen LogP contribution in [-0.4, -0.2) is 34.1 Å². The summed E-state index contributed by atoms with van der Waals surface area (Å²) in [6, 6.07) is 1.98. The average Bonchev–Trinajstić information content (AvgIpc) is 3.16. The van der Waals surface area contributed by atoms with Crippen LogP contribution in [0.5, 0.6) is 0 Å². The molecule has 0 spiro atoms. The van der Waals surface area contributed by atoms with Crippen LogP contribution in [0.4, 0.5) is 0 Å². The van der Waals surface area contributed by atoms with Gasteiger partial charge in [-0.2, -0.15) is 11.3 Å². The first-order valence-electron chi connectivity index (χ1n) is 7.96. The summed E-state index contributed by atoms with van der Waals surface area (Å²) in [5.74, 6) is 2.03. The highest BCUT2D eigenvalue weighted by molar-refractivity contribution is 7.08. The summed E-state index contributed by atoms with van der Waals surface area (Å²) in [5.41, 5.74) is 0.974. The molecule has 4 rings (SSSR count). The number of rotatable bonds is 3. The lowest BCUT2D eigenvalue weighted by molar-refractivity contribution is -0.139. The van der Waals surface area contributed by atoms with Crippen molar-refractivity contribution in [1.82, 2.24) is 15.1 Å². The molecule has 0 radical (unpaired) electrons. The zero-order valence-electron chi connectivity index (χ0n) is 12.4. The summed E-state index contributed by atoms with van der Waals surface area (Å²) in [6.07, 6.45) is 5.34. The van der Waals surface area contributed by atoms with Crippen LogP contribution in [0.2, 0.25) is 0 Å². The molecule has 1 amide bonds. The normalized spacial score (nSPS) is 22.5. The van der Waals surface area contributed by atoms with E-state index >= 15 is 0 Å². The van der Waals surface area contributed by atoms with Crippen molar-refractivity contribution in [3.05, 3.63) is 22.7 Å². The van der Waals surface area contributed by atoms with Gasteiger partial charge in [0.1, 0.15) is 0 Å². The fourth-order valence-electron chi connectivity index (χ4n) is 3.19. The van der Waals surface area contributed by atoms with Gasteiger partial charge in [-0.25, -0.2) is 0 Å². The van der Waals surface area contributed by atoms with E-state index in [1.165, 1.54) is 6.42 Å². The zero-order chi connectivity index (χ0) is 14.9. The molecular formula is C16H19N3O2S. The van der Waals surface area contributed by atoms with Crippen LogP contribution in [0, 0.1) is 5.92 Å². The second-order valence-corrected chi connectivity index (χ2v) is 6.99. The van der Waals surface area contributed by atoms with Crippen molar-refractivity contribution >= 4 is 17.2 Å². The van der Waals surface area contributed by atoms with Gasteiger partial charge in [-0.1, -0.05) is 6.42 Å². The van der Waals surface area contributed by atoms with E-state index < -0.39 is 0 Å². The molecule has 0 aromatic carbocycles. The zero-order valence-corrected chi connectivity index (χ0v) is 13.2. The van der Waals surface area contributed by atoms with E-state index in [9.17, 15) is 4.79 Å².